The molecule has 180 valence electrons. The highest BCUT2D eigenvalue weighted by atomic mass is 35.5. The van der Waals surface area contributed by atoms with Gasteiger partial charge in [-0.2, -0.15) is 4.31 Å². The number of sulfonamides is 1. The van der Waals surface area contributed by atoms with Crippen LogP contribution in [0.5, 0.6) is 0 Å². The summed E-state index contributed by atoms with van der Waals surface area (Å²) in [5, 5.41) is 0.570. The zero-order chi connectivity index (χ0) is 24.5. The normalized spacial score (nSPS) is 15.4. The monoisotopic (exact) mass is 526 g/mol. The van der Waals surface area contributed by atoms with E-state index >= 15 is 0 Å². The van der Waals surface area contributed by atoms with E-state index in [1.54, 1.807) is 17.9 Å². The van der Waals surface area contributed by atoms with Crippen molar-refractivity contribution in [3.63, 3.8) is 0 Å². The van der Waals surface area contributed by atoms with E-state index in [0.717, 1.165) is 6.07 Å². The first kappa shape index (κ1) is 24.6. The van der Waals surface area contributed by atoms with Crippen LogP contribution >= 0.6 is 23.2 Å². The van der Waals surface area contributed by atoms with Crippen LogP contribution in [0.15, 0.2) is 41.3 Å². The van der Waals surface area contributed by atoms with Gasteiger partial charge in [-0.3, -0.25) is 0 Å². The first-order valence-corrected chi connectivity index (χ1v) is 12.7. The van der Waals surface area contributed by atoms with Crippen molar-refractivity contribution >= 4 is 56.0 Å². The molecule has 4 rings (SSSR count). The molecule has 2 aromatic carbocycles. The molecule has 1 aromatic heterocycles. The summed E-state index contributed by atoms with van der Waals surface area (Å²) in [6.07, 6.45) is 0.456. The third-order valence-electron chi connectivity index (χ3n) is 5.34. The minimum atomic E-state index is -3.89. The standard InChI is InChI=1S/C22H21Cl2FN4O4S/c1-2-33-22(30)20-21(27-19-13-17(24)16(23)12-18(19)26-20)28-7-4-8-29(10-9-28)34(31,32)15-6-3-5-14(25)11-15/h3,5-6,11-13H,2,4,7-10H2,1H3. The molecule has 1 aliphatic rings. The molecule has 1 aliphatic heterocycles. The van der Waals surface area contributed by atoms with E-state index < -0.39 is 21.8 Å². The predicted molar refractivity (Wildman–Crippen MR) is 128 cm³/mol. The van der Waals surface area contributed by atoms with Crippen molar-refractivity contribution in [3.05, 3.63) is 58.0 Å². The Hall–Kier alpha value is -2.53. The highest BCUT2D eigenvalue weighted by molar-refractivity contribution is 7.89. The van der Waals surface area contributed by atoms with Crippen LogP contribution in [0.25, 0.3) is 11.0 Å². The molecule has 34 heavy (non-hydrogen) atoms. The van der Waals surface area contributed by atoms with E-state index in [-0.39, 0.29) is 47.7 Å². The van der Waals surface area contributed by atoms with Gasteiger partial charge in [0.1, 0.15) is 5.82 Å². The van der Waals surface area contributed by atoms with E-state index in [1.807, 2.05) is 0 Å². The SMILES string of the molecule is CCOC(=O)c1nc2cc(Cl)c(Cl)cc2nc1N1CCCN(S(=O)(=O)c2cccc(F)c2)CC1. The maximum Gasteiger partial charge on any atom is 0.360 e. The van der Waals surface area contributed by atoms with Gasteiger partial charge in [0.2, 0.25) is 10.0 Å². The van der Waals surface area contributed by atoms with Crippen LogP contribution in [0.3, 0.4) is 0 Å². The topological polar surface area (TPSA) is 92.7 Å². The lowest BCUT2D eigenvalue weighted by Crippen LogP contribution is -2.36. The van der Waals surface area contributed by atoms with Gasteiger partial charge in [-0.15, -0.1) is 0 Å². The maximum absolute atomic E-state index is 13.6. The lowest BCUT2D eigenvalue weighted by Gasteiger charge is -2.24. The Bertz CT molecular complexity index is 1360. The lowest BCUT2D eigenvalue weighted by molar-refractivity contribution is 0.0520. The van der Waals surface area contributed by atoms with E-state index in [0.29, 0.717) is 29.0 Å². The minimum absolute atomic E-state index is 0.00850. The van der Waals surface area contributed by atoms with E-state index in [9.17, 15) is 17.6 Å². The number of aromatic nitrogens is 2. The second-order valence-corrected chi connectivity index (χ2v) is 10.3. The van der Waals surface area contributed by atoms with Crippen molar-refractivity contribution < 1.29 is 22.3 Å². The molecule has 0 N–H and O–H groups in total. The fourth-order valence-electron chi connectivity index (χ4n) is 3.72. The van der Waals surface area contributed by atoms with Gasteiger partial charge < -0.3 is 9.64 Å². The number of nitrogens with zero attached hydrogens (tertiary/aromatic N) is 4. The number of hydrogen-bond donors (Lipinski definition) is 0. The van der Waals surface area contributed by atoms with Crippen LogP contribution in [-0.2, 0) is 14.8 Å². The Balaban J connectivity index is 1.68. The molecule has 0 atom stereocenters. The molecular formula is C22H21Cl2FN4O4S. The Morgan fingerprint density at radius 1 is 1.06 bits per heavy atom. The highest BCUT2D eigenvalue weighted by Crippen LogP contribution is 2.30. The molecule has 12 heteroatoms. The number of anilines is 1. The van der Waals surface area contributed by atoms with E-state index in [2.05, 4.69) is 9.97 Å². The summed E-state index contributed by atoms with van der Waals surface area (Å²) in [5.41, 5.74) is 0.825. The zero-order valence-corrected chi connectivity index (χ0v) is 20.5. The van der Waals surface area contributed by atoms with Crippen molar-refractivity contribution in [2.45, 2.75) is 18.2 Å². The third kappa shape index (κ3) is 4.95. The Labute approximate surface area is 206 Å². The second kappa shape index (κ2) is 9.99. The number of carbonyl (C=O) groups is 1. The summed E-state index contributed by atoms with van der Waals surface area (Å²) in [6, 6.07) is 8.00. The summed E-state index contributed by atoms with van der Waals surface area (Å²) in [4.78, 5) is 23.4. The number of esters is 1. The van der Waals surface area contributed by atoms with Crippen LogP contribution in [-0.4, -0.2) is 61.4 Å². The molecule has 0 amide bonds. The van der Waals surface area contributed by atoms with Crippen molar-refractivity contribution in [1.29, 1.82) is 0 Å². The van der Waals surface area contributed by atoms with Crippen LogP contribution < -0.4 is 4.90 Å². The zero-order valence-electron chi connectivity index (χ0n) is 18.2. The van der Waals surface area contributed by atoms with Crippen molar-refractivity contribution in [1.82, 2.24) is 14.3 Å². The van der Waals surface area contributed by atoms with Gasteiger partial charge in [0, 0.05) is 26.2 Å². The number of hydrogen-bond acceptors (Lipinski definition) is 7. The molecule has 1 fully saturated rings. The fourth-order valence-corrected chi connectivity index (χ4v) is 5.54. The van der Waals surface area contributed by atoms with Gasteiger partial charge in [-0.25, -0.2) is 27.6 Å². The average Bonchev–Trinajstić information content (AvgIpc) is 3.06. The van der Waals surface area contributed by atoms with Gasteiger partial charge in [0.25, 0.3) is 0 Å². The van der Waals surface area contributed by atoms with Crippen LogP contribution in [0.4, 0.5) is 10.2 Å². The fraction of sp³-hybridized carbons (Fsp3) is 0.318. The third-order valence-corrected chi connectivity index (χ3v) is 7.96. The molecule has 0 radical (unpaired) electrons. The summed E-state index contributed by atoms with van der Waals surface area (Å²) < 4.78 is 46.2. The maximum atomic E-state index is 13.6. The molecule has 0 bridgehead atoms. The largest absolute Gasteiger partial charge is 0.461 e. The molecule has 3 aromatic rings. The van der Waals surface area contributed by atoms with Gasteiger partial charge in [-0.05, 0) is 43.7 Å². The van der Waals surface area contributed by atoms with E-state index in [1.165, 1.54) is 28.6 Å². The smallest absolute Gasteiger partial charge is 0.360 e. The summed E-state index contributed by atoms with van der Waals surface area (Å²) >= 11 is 12.2. The number of fused-ring (bicyclic) bond motifs is 1. The van der Waals surface area contributed by atoms with E-state index in [4.69, 9.17) is 27.9 Å². The van der Waals surface area contributed by atoms with Gasteiger partial charge >= 0.3 is 5.97 Å². The quantitative estimate of drug-likeness (QED) is 0.461. The number of halogens is 3. The Kier molecular flexibility index (Phi) is 7.22. The number of rotatable bonds is 5. The van der Waals surface area contributed by atoms with Crippen molar-refractivity contribution in [3.8, 4) is 0 Å². The van der Waals surface area contributed by atoms with Crippen LogP contribution in [0.2, 0.25) is 10.0 Å². The molecule has 0 unspecified atom stereocenters. The minimum Gasteiger partial charge on any atom is -0.461 e. The Morgan fingerprint density at radius 2 is 1.76 bits per heavy atom. The molecule has 8 nitrogen and oxygen atoms in total. The number of ether oxygens (including phenoxy) is 1. The molecule has 0 saturated carbocycles. The summed E-state index contributed by atoms with van der Waals surface area (Å²) in [5.74, 6) is -0.998. The number of carbonyl (C=O) groups excluding carboxylic acids is 1. The van der Waals surface area contributed by atoms with Crippen LogP contribution in [0, 0.1) is 5.82 Å². The van der Waals surface area contributed by atoms with Crippen LogP contribution in [0.1, 0.15) is 23.8 Å². The average molecular weight is 527 g/mol. The molecule has 0 aliphatic carbocycles. The lowest BCUT2D eigenvalue weighted by atomic mass is 10.2. The molecule has 1 saturated heterocycles. The van der Waals surface area contributed by atoms with Crippen molar-refractivity contribution in [2.75, 3.05) is 37.7 Å². The number of benzene rings is 2. The summed E-state index contributed by atoms with van der Waals surface area (Å²) in [7, 11) is -3.89. The van der Waals surface area contributed by atoms with Crippen molar-refractivity contribution in [2.24, 2.45) is 0 Å². The molecule has 2 heterocycles. The van der Waals surface area contributed by atoms with Gasteiger partial charge in [-0.1, -0.05) is 29.3 Å². The summed E-state index contributed by atoms with van der Waals surface area (Å²) in [6.45, 7) is 2.84. The Morgan fingerprint density at radius 3 is 2.44 bits per heavy atom. The van der Waals surface area contributed by atoms with Gasteiger partial charge in [0.05, 0.1) is 32.6 Å². The molecular weight excluding hydrogens is 506 g/mol. The first-order chi connectivity index (χ1) is 16.2. The molecule has 0 spiro atoms. The first-order valence-electron chi connectivity index (χ1n) is 10.6. The second-order valence-electron chi connectivity index (χ2n) is 7.57. The highest BCUT2D eigenvalue weighted by Gasteiger charge is 2.30. The predicted octanol–water partition coefficient (Wildman–Crippen LogP) is 4.15. The van der Waals surface area contributed by atoms with Gasteiger partial charge in [0.15, 0.2) is 11.5 Å².